The van der Waals surface area contributed by atoms with Crippen molar-refractivity contribution >= 4 is 33.3 Å². The molecule has 1 heterocycles. The molecule has 0 unspecified atom stereocenters. The molecule has 4 nitrogen and oxygen atoms in total. The van der Waals surface area contributed by atoms with E-state index in [-0.39, 0.29) is 12.3 Å². The predicted octanol–water partition coefficient (Wildman–Crippen LogP) is 2.58. The molecule has 1 aromatic heterocycles. The predicted molar refractivity (Wildman–Crippen MR) is 63.5 cm³/mol. The smallest absolute Gasteiger partial charge is 0.217 e. The minimum atomic E-state index is -0.0333. The summed E-state index contributed by atoms with van der Waals surface area (Å²) in [7, 11) is 0. The highest BCUT2D eigenvalue weighted by atomic mass is 79.9. The maximum Gasteiger partial charge on any atom is 0.217 e. The molecule has 0 aliphatic carbocycles. The quantitative estimate of drug-likeness (QED) is 0.819. The van der Waals surface area contributed by atoms with Crippen LogP contribution >= 0.6 is 27.5 Å². The molecule has 16 heavy (non-hydrogen) atoms. The second kappa shape index (κ2) is 4.76. The lowest BCUT2D eigenvalue weighted by Gasteiger charge is -2.00. The molecule has 0 atom stereocenters. The number of Topliss-reactive ketones (excluding diaryl/α,β-unsaturated/α-hetero) is 1. The third-order valence-corrected chi connectivity index (χ3v) is 2.60. The average molecular weight is 301 g/mol. The normalized spacial score (nSPS) is 10.4. The van der Waals surface area contributed by atoms with E-state index < -0.39 is 0 Å². The summed E-state index contributed by atoms with van der Waals surface area (Å²) in [4.78, 5) is 15.7. The van der Waals surface area contributed by atoms with Gasteiger partial charge in [0.1, 0.15) is 12.9 Å². The van der Waals surface area contributed by atoms with E-state index in [0.717, 1.165) is 0 Å². The molecule has 0 amide bonds. The van der Waals surface area contributed by atoms with Crippen molar-refractivity contribution in [2.75, 3.05) is 0 Å². The van der Waals surface area contributed by atoms with Crippen LogP contribution in [0.25, 0.3) is 0 Å². The number of nitrogens with zero attached hydrogens (tertiary/aromatic N) is 3. The van der Waals surface area contributed by atoms with E-state index in [1.54, 1.807) is 24.3 Å². The Morgan fingerprint density at radius 3 is 2.62 bits per heavy atom. The van der Waals surface area contributed by atoms with Crippen molar-refractivity contribution in [2.24, 2.45) is 0 Å². The summed E-state index contributed by atoms with van der Waals surface area (Å²) in [6, 6.07) is 6.76. The van der Waals surface area contributed by atoms with Crippen LogP contribution < -0.4 is 0 Å². The van der Waals surface area contributed by atoms with Gasteiger partial charge in [0.05, 0.1) is 0 Å². The van der Waals surface area contributed by atoms with Crippen LogP contribution in [0.2, 0.25) is 5.02 Å². The topological polar surface area (TPSA) is 47.8 Å². The van der Waals surface area contributed by atoms with Crippen LogP contribution in [0.1, 0.15) is 10.4 Å². The molecule has 82 valence electrons. The van der Waals surface area contributed by atoms with Gasteiger partial charge < -0.3 is 0 Å². The number of carbonyl (C=O) groups excluding carboxylic acids is 1. The summed E-state index contributed by atoms with van der Waals surface area (Å²) in [6.07, 6.45) is 1.50. The van der Waals surface area contributed by atoms with E-state index in [0.29, 0.717) is 15.3 Å². The van der Waals surface area contributed by atoms with Crippen molar-refractivity contribution in [3.63, 3.8) is 0 Å². The Kier molecular flexibility index (Phi) is 3.36. The van der Waals surface area contributed by atoms with Crippen LogP contribution in [0.5, 0.6) is 0 Å². The van der Waals surface area contributed by atoms with Crippen LogP contribution in [-0.4, -0.2) is 20.5 Å². The van der Waals surface area contributed by atoms with Crippen molar-refractivity contribution in [2.45, 2.75) is 6.54 Å². The minimum Gasteiger partial charge on any atom is -0.292 e. The molecule has 0 N–H and O–H groups in total. The van der Waals surface area contributed by atoms with Crippen LogP contribution in [0, 0.1) is 0 Å². The van der Waals surface area contributed by atoms with Gasteiger partial charge in [0.2, 0.25) is 4.73 Å². The molecule has 0 radical (unpaired) electrons. The SMILES string of the molecule is O=C(Cn1cnc(Br)n1)c1ccc(Cl)cc1. The lowest BCUT2D eigenvalue weighted by Crippen LogP contribution is -2.10. The molecule has 0 aliphatic rings. The van der Waals surface area contributed by atoms with E-state index in [1.165, 1.54) is 11.0 Å². The van der Waals surface area contributed by atoms with E-state index in [1.807, 2.05) is 0 Å². The fourth-order valence-corrected chi connectivity index (χ4v) is 1.64. The Hall–Kier alpha value is -1.20. The van der Waals surface area contributed by atoms with Gasteiger partial charge in [-0.15, -0.1) is 5.10 Å². The number of aromatic nitrogens is 3. The standard InChI is InChI=1S/C10H7BrClN3O/c11-10-13-6-15(14-10)5-9(16)7-1-3-8(12)4-2-7/h1-4,6H,5H2. The zero-order valence-corrected chi connectivity index (χ0v) is 10.4. The average Bonchev–Trinajstić information content (AvgIpc) is 2.65. The van der Waals surface area contributed by atoms with Crippen molar-refractivity contribution < 1.29 is 4.79 Å². The zero-order chi connectivity index (χ0) is 11.5. The highest BCUT2D eigenvalue weighted by Gasteiger charge is 2.07. The highest BCUT2D eigenvalue weighted by molar-refractivity contribution is 9.10. The van der Waals surface area contributed by atoms with Crippen molar-refractivity contribution in [1.29, 1.82) is 0 Å². The van der Waals surface area contributed by atoms with E-state index in [9.17, 15) is 4.79 Å². The van der Waals surface area contributed by atoms with Gasteiger partial charge in [-0.3, -0.25) is 4.79 Å². The maximum absolute atomic E-state index is 11.8. The van der Waals surface area contributed by atoms with Crippen LogP contribution in [-0.2, 0) is 6.54 Å². The molecule has 0 fully saturated rings. The third kappa shape index (κ3) is 2.68. The molecule has 1 aromatic carbocycles. The molecular formula is C10H7BrClN3O. The van der Waals surface area contributed by atoms with Gasteiger partial charge in [-0.25, -0.2) is 9.67 Å². The van der Waals surface area contributed by atoms with Crippen molar-refractivity contribution in [1.82, 2.24) is 14.8 Å². The second-order valence-electron chi connectivity index (χ2n) is 3.14. The number of carbonyl (C=O) groups is 1. The first-order valence-electron chi connectivity index (χ1n) is 4.49. The van der Waals surface area contributed by atoms with E-state index >= 15 is 0 Å². The van der Waals surface area contributed by atoms with Crippen LogP contribution in [0.15, 0.2) is 35.3 Å². The number of ketones is 1. The van der Waals surface area contributed by atoms with E-state index in [2.05, 4.69) is 26.0 Å². The first-order valence-corrected chi connectivity index (χ1v) is 5.66. The number of benzene rings is 1. The molecule has 0 saturated heterocycles. The first-order chi connectivity index (χ1) is 7.65. The van der Waals surface area contributed by atoms with Gasteiger partial charge in [0.25, 0.3) is 0 Å². The number of halogens is 2. The Morgan fingerprint density at radius 2 is 2.06 bits per heavy atom. The molecule has 0 bridgehead atoms. The van der Waals surface area contributed by atoms with Gasteiger partial charge in [0.15, 0.2) is 5.78 Å². The summed E-state index contributed by atoms with van der Waals surface area (Å²) >= 11 is 8.85. The lowest BCUT2D eigenvalue weighted by molar-refractivity contribution is 0.0967. The molecule has 2 rings (SSSR count). The van der Waals surface area contributed by atoms with E-state index in [4.69, 9.17) is 11.6 Å². The number of hydrogen-bond acceptors (Lipinski definition) is 3. The number of hydrogen-bond donors (Lipinski definition) is 0. The van der Waals surface area contributed by atoms with Gasteiger partial charge in [-0.1, -0.05) is 11.6 Å². The minimum absolute atomic E-state index is 0.0333. The molecule has 0 saturated carbocycles. The largest absolute Gasteiger partial charge is 0.292 e. The number of rotatable bonds is 3. The summed E-state index contributed by atoms with van der Waals surface area (Å²) in [5.74, 6) is -0.0333. The fourth-order valence-electron chi connectivity index (χ4n) is 1.22. The molecule has 6 heteroatoms. The summed E-state index contributed by atoms with van der Waals surface area (Å²) < 4.78 is 1.94. The monoisotopic (exact) mass is 299 g/mol. The van der Waals surface area contributed by atoms with Gasteiger partial charge in [-0.05, 0) is 40.2 Å². The maximum atomic E-state index is 11.8. The van der Waals surface area contributed by atoms with Crippen molar-refractivity contribution in [3.8, 4) is 0 Å². The third-order valence-electron chi connectivity index (χ3n) is 1.98. The summed E-state index contributed by atoms with van der Waals surface area (Å²) in [6.45, 7) is 0.167. The molecule has 0 spiro atoms. The summed E-state index contributed by atoms with van der Waals surface area (Å²) in [5.41, 5.74) is 0.607. The second-order valence-corrected chi connectivity index (χ2v) is 4.29. The van der Waals surface area contributed by atoms with Gasteiger partial charge in [0, 0.05) is 10.6 Å². The van der Waals surface area contributed by atoms with Crippen LogP contribution in [0.3, 0.4) is 0 Å². The van der Waals surface area contributed by atoms with Crippen LogP contribution in [0.4, 0.5) is 0 Å². The highest BCUT2D eigenvalue weighted by Crippen LogP contribution is 2.10. The van der Waals surface area contributed by atoms with Gasteiger partial charge in [-0.2, -0.15) is 0 Å². The first kappa shape index (κ1) is 11.3. The Bertz CT molecular complexity index is 509. The molecule has 0 aliphatic heterocycles. The Balaban J connectivity index is 2.11. The Labute approximate surface area is 105 Å². The van der Waals surface area contributed by atoms with Gasteiger partial charge >= 0.3 is 0 Å². The molecular weight excluding hydrogens is 293 g/mol. The molecule has 2 aromatic rings. The Morgan fingerprint density at radius 1 is 1.38 bits per heavy atom. The lowest BCUT2D eigenvalue weighted by atomic mass is 10.1. The zero-order valence-electron chi connectivity index (χ0n) is 8.10. The fraction of sp³-hybridized carbons (Fsp3) is 0.100. The van der Waals surface area contributed by atoms with Crippen molar-refractivity contribution in [3.05, 3.63) is 45.9 Å². The summed E-state index contributed by atoms with van der Waals surface area (Å²) in [5, 5.41) is 4.58.